The van der Waals surface area contributed by atoms with E-state index in [9.17, 15) is 28.0 Å². The summed E-state index contributed by atoms with van der Waals surface area (Å²) >= 11 is 0. The lowest BCUT2D eigenvalue weighted by atomic mass is 9.85. The average molecular weight is 863 g/mol. The molecule has 16 nitrogen and oxygen atoms in total. The van der Waals surface area contributed by atoms with Gasteiger partial charge in [-0.25, -0.2) is 31.9 Å². The number of halogens is 4. The highest BCUT2D eigenvalue weighted by atomic mass is 19.3. The molecule has 3 amide bonds. The first-order valence-electron chi connectivity index (χ1n) is 21.4. The second-order valence-corrected chi connectivity index (χ2v) is 17.2. The van der Waals surface area contributed by atoms with Crippen molar-refractivity contribution in [3.63, 3.8) is 0 Å². The standard InChI is InChI=1S/C42H50F4N12O4/c1-52(32-15-19-55(24-42(32,45)46)29-7-6-8-30-36(29)53(2)41(62)58(30)31-13-14-34(59)50-40(31)61)22-25-9-11-26(12-10-25)57-23-28(35(51-57)37(43)44)48-39(60)27-21-47-56-20-16-33(49-38(27)56)54-17-4-3-5-18-54/h6-8,16,20-21,23,25-26,31-32,37H,3-5,9-15,17-19,22,24H2,1-2H3,(H,48,60)(H,50,59,61). The molecule has 0 spiro atoms. The maximum Gasteiger partial charge on any atom is 0.329 e. The Labute approximate surface area is 353 Å². The predicted molar refractivity (Wildman–Crippen MR) is 222 cm³/mol. The average Bonchev–Trinajstić information content (AvgIpc) is 3.95. The number of nitrogens with one attached hydrogen (secondary N) is 2. The van der Waals surface area contributed by atoms with Crippen LogP contribution in [0.5, 0.6) is 0 Å². The van der Waals surface area contributed by atoms with Gasteiger partial charge in [0.05, 0.1) is 47.2 Å². The Balaban J connectivity index is 0.828. The zero-order valence-electron chi connectivity index (χ0n) is 34.7. The molecule has 330 valence electrons. The number of fused-ring (bicyclic) bond motifs is 2. The normalized spacial score (nSPS) is 23.5. The molecule has 2 N–H and O–H groups in total. The van der Waals surface area contributed by atoms with Crippen LogP contribution < -0.4 is 26.1 Å². The largest absolute Gasteiger partial charge is 0.364 e. The van der Waals surface area contributed by atoms with Crippen LogP contribution in [0.4, 0.5) is 34.8 Å². The number of para-hydroxylation sites is 1. The zero-order valence-corrected chi connectivity index (χ0v) is 34.7. The van der Waals surface area contributed by atoms with Gasteiger partial charge in [-0.15, -0.1) is 0 Å². The summed E-state index contributed by atoms with van der Waals surface area (Å²) in [4.78, 5) is 61.6. The van der Waals surface area contributed by atoms with Crippen LogP contribution in [0.15, 0.2) is 47.7 Å². The third-order valence-electron chi connectivity index (χ3n) is 13.3. The highest BCUT2D eigenvalue weighted by Crippen LogP contribution is 2.39. The van der Waals surface area contributed by atoms with Crippen molar-refractivity contribution >= 4 is 51.6 Å². The van der Waals surface area contributed by atoms with E-state index in [1.807, 2.05) is 6.07 Å². The molecule has 9 rings (SSSR count). The Morgan fingerprint density at radius 1 is 1.00 bits per heavy atom. The van der Waals surface area contributed by atoms with Crippen LogP contribution >= 0.6 is 0 Å². The topological polar surface area (TPSA) is 160 Å². The van der Waals surface area contributed by atoms with Gasteiger partial charge in [-0.1, -0.05) is 6.07 Å². The fraction of sp³-hybridized carbons (Fsp3) is 0.548. The summed E-state index contributed by atoms with van der Waals surface area (Å²) in [6.45, 7) is 1.91. The minimum Gasteiger partial charge on any atom is -0.364 e. The van der Waals surface area contributed by atoms with Gasteiger partial charge in [0.25, 0.3) is 18.3 Å². The summed E-state index contributed by atoms with van der Waals surface area (Å²) in [5, 5.41) is 13.4. The Morgan fingerprint density at radius 2 is 1.77 bits per heavy atom. The van der Waals surface area contributed by atoms with Crippen molar-refractivity contribution in [2.45, 2.75) is 94.7 Å². The van der Waals surface area contributed by atoms with Crippen molar-refractivity contribution in [2.75, 3.05) is 54.9 Å². The predicted octanol–water partition coefficient (Wildman–Crippen LogP) is 5.31. The molecular weight excluding hydrogens is 813 g/mol. The van der Waals surface area contributed by atoms with Crippen LogP contribution in [0, 0.1) is 5.92 Å². The number of carbonyl (C=O) groups is 3. The second kappa shape index (κ2) is 16.5. The molecule has 1 aliphatic carbocycles. The van der Waals surface area contributed by atoms with Crippen molar-refractivity contribution in [3.05, 3.63) is 64.6 Å². The van der Waals surface area contributed by atoms with Crippen molar-refractivity contribution < 1.29 is 31.9 Å². The van der Waals surface area contributed by atoms with Crippen LogP contribution in [-0.4, -0.2) is 108 Å². The summed E-state index contributed by atoms with van der Waals surface area (Å²) in [7, 11) is 3.27. The van der Waals surface area contributed by atoms with Gasteiger partial charge in [0.2, 0.25) is 11.8 Å². The van der Waals surface area contributed by atoms with Crippen molar-refractivity contribution in [3.8, 4) is 0 Å². The van der Waals surface area contributed by atoms with Crippen molar-refractivity contribution in [1.29, 1.82) is 0 Å². The van der Waals surface area contributed by atoms with Gasteiger partial charge in [0.1, 0.15) is 17.4 Å². The number of aryl methyl sites for hydroxylation is 1. The summed E-state index contributed by atoms with van der Waals surface area (Å²) in [5.74, 6) is -3.86. The van der Waals surface area contributed by atoms with E-state index in [4.69, 9.17) is 4.98 Å². The number of hydrogen-bond donors (Lipinski definition) is 2. The number of hydrogen-bond acceptors (Lipinski definition) is 10. The van der Waals surface area contributed by atoms with Crippen LogP contribution in [-0.2, 0) is 16.6 Å². The first kappa shape index (κ1) is 41.6. The molecule has 5 aromatic rings. The number of amides is 3. The Bertz CT molecular complexity index is 2570. The number of piperidine rings is 3. The molecule has 3 saturated heterocycles. The Kier molecular flexibility index (Phi) is 11.0. The van der Waals surface area contributed by atoms with Gasteiger partial charge in [-0.05, 0) is 89.0 Å². The van der Waals surface area contributed by atoms with Gasteiger partial charge in [-0.3, -0.25) is 38.4 Å². The molecule has 0 bridgehead atoms. The molecule has 1 saturated carbocycles. The van der Waals surface area contributed by atoms with Crippen LogP contribution in [0.2, 0.25) is 0 Å². The number of aromatic nitrogens is 7. The summed E-state index contributed by atoms with van der Waals surface area (Å²) in [6, 6.07) is 4.80. The maximum absolute atomic E-state index is 16.2. The molecule has 2 unspecified atom stereocenters. The number of nitrogens with zero attached hydrogens (tertiary/aromatic N) is 10. The molecule has 4 aliphatic rings. The first-order chi connectivity index (χ1) is 29.8. The molecule has 20 heteroatoms. The van der Waals surface area contributed by atoms with E-state index in [-0.39, 0.29) is 42.5 Å². The quantitative estimate of drug-likeness (QED) is 0.139. The monoisotopic (exact) mass is 862 g/mol. The fourth-order valence-electron chi connectivity index (χ4n) is 10.1. The first-order valence-corrected chi connectivity index (χ1v) is 21.4. The molecule has 0 radical (unpaired) electrons. The molecule has 2 atom stereocenters. The lowest BCUT2D eigenvalue weighted by molar-refractivity contribution is -0.135. The van der Waals surface area contributed by atoms with E-state index in [0.717, 1.165) is 38.2 Å². The summed E-state index contributed by atoms with van der Waals surface area (Å²) < 4.78 is 66.6. The Hall–Kier alpha value is -5.79. The number of alkyl halides is 4. The fourth-order valence-corrected chi connectivity index (χ4v) is 10.1. The number of imidazole rings is 1. The highest BCUT2D eigenvalue weighted by molar-refractivity contribution is 6.08. The molecule has 4 fully saturated rings. The molecule has 3 aliphatic heterocycles. The van der Waals surface area contributed by atoms with Crippen LogP contribution in [0.3, 0.4) is 0 Å². The van der Waals surface area contributed by atoms with E-state index in [2.05, 4.69) is 25.7 Å². The van der Waals surface area contributed by atoms with E-state index in [0.29, 0.717) is 61.1 Å². The van der Waals surface area contributed by atoms with E-state index in [1.54, 1.807) is 48.3 Å². The van der Waals surface area contributed by atoms with Gasteiger partial charge in [-0.2, -0.15) is 10.2 Å². The van der Waals surface area contributed by atoms with Crippen molar-refractivity contribution in [2.24, 2.45) is 13.0 Å². The van der Waals surface area contributed by atoms with Gasteiger partial charge >= 0.3 is 5.69 Å². The lowest BCUT2D eigenvalue weighted by Crippen LogP contribution is -2.58. The molecule has 62 heavy (non-hydrogen) atoms. The van der Waals surface area contributed by atoms with E-state index < -0.39 is 60.1 Å². The zero-order chi connectivity index (χ0) is 43.4. The van der Waals surface area contributed by atoms with Crippen molar-refractivity contribution in [1.82, 2.24) is 43.7 Å². The minimum absolute atomic E-state index is 0.0858. The number of anilines is 3. The van der Waals surface area contributed by atoms with Crippen LogP contribution in [0.25, 0.3) is 16.7 Å². The number of rotatable bonds is 10. The van der Waals surface area contributed by atoms with E-state index in [1.165, 1.54) is 30.7 Å². The molecular formula is C42H50F4N12O4. The molecule has 7 heterocycles. The maximum atomic E-state index is 16.2. The molecule has 1 aromatic carbocycles. The van der Waals surface area contributed by atoms with E-state index >= 15 is 8.78 Å². The van der Waals surface area contributed by atoms with Gasteiger partial charge < -0.3 is 15.1 Å². The number of carbonyl (C=O) groups excluding carboxylic acids is 3. The lowest BCUT2D eigenvalue weighted by Gasteiger charge is -2.44. The second-order valence-electron chi connectivity index (χ2n) is 17.2. The third-order valence-corrected chi connectivity index (χ3v) is 13.3. The van der Waals surface area contributed by atoms with Gasteiger partial charge in [0, 0.05) is 52.0 Å². The smallest absolute Gasteiger partial charge is 0.329 e. The Morgan fingerprint density at radius 3 is 2.50 bits per heavy atom. The number of imide groups is 1. The minimum atomic E-state index is -3.10. The summed E-state index contributed by atoms with van der Waals surface area (Å²) in [5.41, 5.74) is 0.752. The number of benzene rings is 1. The third kappa shape index (κ3) is 7.70. The SMILES string of the molecule is CN(CC1CCC(n2cc(NC(=O)c3cnn4ccc(N5CCCCC5)nc34)c(C(F)F)n2)CC1)C1CCN(c2cccc3c2n(C)c(=O)n3C2CCC(=O)NC2=O)CC1(F)F. The van der Waals surface area contributed by atoms with Crippen LogP contribution in [0.1, 0.15) is 98.8 Å². The highest BCUT2D eigenvalue weighted by Gasteiger charge is 2.47. The summed E-state index contributed by atoms with van der Waals surface area (Å²) in [6.07, 6.45) is 7.86. The molecule has 4 aromatic heterocycles. The van der Waals surface area contributed by atoms with Gasteiger partial charge in [0.15, 0.2) is 11.3 Å².